The van der Waals surface area contributed by atoms with Crippen LogP contribution < -0.4 is 10.6 Å². The van der Waals surface area contributed by atoms with Crippen molar-refractivity contribution < 1.29 is 27.2 Å². The van der Waals surface area contributed by atoms with Crippen LogP contribution in [0, 0.1) is 11.6 Å². The summed E-state index contributed by atoms with van der Waals surface area (Å²) in [6.07, 6.45) is 2.23. The molecule has 0 radical (unpaired) electrons. The maximum Gasteiger partial charge on any atom is 0.319 e. The van der Waals surface area contributed by atoms with Crippen molar-refractivity contribution in [2.24, 2.45) is 0 Å². The molecule has 24 heavy (non-hydrogen) atoms. The number of anilines is 1. The maximum absolute atomic E-state index is 13.4. The highest BCUT2D eigenvalue weighted by molar-refractivity contribution is 6.39. The molecule has 2 N–H and O–H groups in total. The van der Waals surface area contributed by atoms with Crippen LogP contribution in [0.2, 0.25) is 0 Å². The first-order chi connectivity index (χ1) is 11.4. The van der Waals surface area contributed by atoms with Crippen LogP contribution in [0.1, 0.15) is 12.4 Å². The van der Waals surface area contributed by atoms with E-state index in [9.17, 15) is 27.2 Å². The first-order valence-electron chi connectivity index (χ1n) is 6.73. The van der Waals surface area contributed by atoms with E-state index in [-0.39, 0.29) is 18.8 Å². The van der Waals surface area contributed by atoms with Crippen molar-refractivity contribution in [3.05, 3.63) is 48.1 Å². The molecule has 0 fully saturated rings. The lowest BCUT2D eigenvalue weighted by atomic mass is 10.3. The minimum absolute atomic E-state index is 0.0295. The summed E-state index contributed by atoms with van der Waals surface area (Å²) >= 11 is 0. The molecule has 128 valence electrons. The second-order valence-corrected chi connectivity index (χ2v) is 4.59. The molecule has 0 saturated carbocycles. The number of rotatable bonds is 5. The zero-order chi connectivity index (χ0) is 17.7. The monoisotopic (exact) mass is 344 g/mol. The van der Waals surface area contributed by atoms with Crippen molar-refractivity contribution in [2.45, 2.75) is 13.0 Å². The zero-order valence-electron chi connectivity index (χ0n) is 12.1. The van der Waals surface area contributed by atoms with Crippen molar-refractivity contribution in [2.75, 3.05) is 11.9 Å². The molecule has 0 atom stereocenters. The van der Waals surface area contributed by atoms with Crippen LogP contribution in [0.15, 0.2) is 30.6 Å². The van der Waals surface area contributed by atoms with Gasteiger partial charge in [-0.2, -0.15) is 8.78 Å². The molecule has 0 saturated heterocycles. The average molecular weight is 344 g/mol. The van der Waals surface area contributed by atoms with Gasteiger partial charge in [0.25, 0.3) is 0 Å². The van der Waals surface area contributed by atoms with Crippen LogP contribution in [0.25, 0.3) is 0 Å². The topological polar surface area (TPSA) is 76.0 Å². The SMILES string of the molecule is O=C(NCCc1nccn1C(F)F)C(=O)Nc1cccc(F)c1F. The molecular formula is C14H12F4N4O2. The van der Waals surface area contributed by atoms with E-state index in [0.29, 0.717) is 4.57 Å². The van der Waals surface area contributed by atoms with Crippen LogP contribution in [-0.4, -0.2) is 27.9 Å². The van der Waals surface area contributed by atoms with Crippen molar-refractivity contribution in [3.8, 4) is 0 Å². The number of imidazole rings is 1. The van der Waals surface area contributed by atoms with Crippen molar-refractivity contribution in [1.82, 2.24) is 14.9 Å². The maximum atomic E-state index is 13.4. The van der Waals surface area contributed by atoms with Gasteiger partial charge in [0, 0.05) is 25.4 Å². The second kappa shape index (κ2) is 7.57. The average Bonchev–Trinajstić information content (AvgIpc) is 3.00. The number of alkyl halides is 2. The second-order valence-electron chi connectivity index (χ2n) is 4.59. The predicted octanol–water partition coefficient (Wildman–Crippen LogP) is 1.85. The summed E-state index contributed by atoms with van der Waals surface area (Å²) in [4.78, 5) is 26.9. The number of nitrogens with zero attached hydrogens (tertiary/aromatic N) is 2. The Kier molecular flexibility index (Phi) is 5.51. The van der Waals surface area contributed by atoms with E-state index in [1.54, 1.807) is 0 Å². The van der Waals surface area contributed by atoms with E-state index in [2.05, 4.69) is 10.3 Å². The Bertz CT molecular complexity index is 748. The minimum Gasteiger partial charge on any atom is -0.347 e. The minimum atomic E-state index is -2.77. The molecule has 1 heterocycles. The van der Waals surface area contributed by atoms with Crippen LogP contribution in [0.3, 0.4) is 0 Å². The van der Waals surface area contributed by atoms with Crippen molar-refractivity contribution in [1.29, 1.82) is 0 Å². The largest absolute Gasteiger partial charge is 0.347 e. The highest BCUT2D eigenvalue weighted by atomic mass is 19.3. The quantitative estimate of drug-likeness (QED) is 0.642. The summed E-state index contributed by atoms with van der Waals surface area (Å²) in [5, 5.41) is 4.09. The molecule has 0 aliphatic carbocycles. The lowest BCUT2D eigenvalue weighted by Gasteiger charge is -2.08. The highest BCUT2D eigenvalue weighted by Gasteiger charge is 2.17. The summed E-state index contributed by atoms with van der Waals surface area (Å²) in [7, 11) is 0. The van der Waals surface area contributed by atoms with Crippen LogP contribution >= 0.6 is 0 Å². The van der Waals surface area contributed by atoms with Gasteiger partial charge in [-0.25, -0.2) is 13.8 Å². The third kappa shape index (κ3) is 4.09. The Labute approximate surface area is 133 Å². The van der Waals surface area contributed by atoms with Crippen LogP contribution in [0.5, 0.6) is 0 Å². The van der Waals surface area contributed by atoms with Gasteiger partial charge in [-0.3, -0.25) is 14.2 Å². The van der Waals surface area contributed by atoms with E-state index in [0.717, 1.165) is 24.4 Å². The normalized spacial score (nSPS) is 10.7. The first kappa shape index (κ1) is 17.4. The summed E-state index contributed by atoms with van der Waals surface area (Å²) in [5.41, 5.74) is -0.483. The fourth-order valence-corrected chi connectivity index (χ4v) is 1.86. The molecule has 1 aromatic heterocycles. The number of carbonyl (C=O) groups excluding carboxylic acids is 2. The molecule has 10 heteroatoms. The van der Waals surface area contributed by atoms with Crippen LogP contribution in [0.4, 0.5) is 23.2 Å². The smallest absolute Gasteiger partial charge is 0.319 e. The van der Waals surface area contributed by atoms with Gasteiger partial charge in [0.05, 0.1) is 5.69 Å². The number of nitrogens with one attached hydrogen (secondary N) is 2. The van der Waals surface area contributed by atoms with Crippen LogP contribution in [-0.2, 0) is 16.0 Å². The highest BCUT2D eigenvalue weighted by Crippen LogP contribution is 2.16. The molecule has 0 unspecified atom stereocenters. The number of hydrogen-bond donors (Lipinski definition) is 2. The van der Waals surface area contributed by atoms with Crippen molar-refractivity contribution >= 4 is 17.5 Å². The Balaban J connectivity index is 1.87. The third-order valence-electron chi connectivity index (χ3n) is 3.00. The number of carbonyl (C=O) groups is 2. The molecule has 0 bridgehead atoms. The number of halogens is 4. The van der Waals surface area contributed by atoms with E-state index in [1.165, 1.54) is 6.20 Å². The lowest BCUT2D eigenvalue weighted by Crippen LogP contribution is -2.37. The number of hydrogen-bond acceptors (Lipinski definition) is 3. The Morgan fingerprint density at radius 3 is 2.67 bits per heavy atom. The number of benzene rings is 1. The molecule has 6 nitrogen and oxygen atoms in total. The molecule has 0 aliphatic rings. The van der Waals surface area contributed by atoms with Gasteiger partial charge in [0.1, 0.15) is 5.82 Å². The summed E-state index contributed by atoms with van der Waals surface area (Å²) in [5.74, 6) is -4.77. The molecule has 0 spiro atoms. The fourth-order valence-electron chi connectivity index (χ4n) is 1.86. The Morgan fingerprint density at radius 1 is 1.21 bits per heavy atom. The lowest BCUT2D eigenvalue weighted by molar-refractivity contribution is -0.136. The van der Waals surface area contributed by atoms with Gasteiger partial charge in [0.2, 0.25) is 0 Å². The Morgan fingerprint density at radius 2 is 1.96 bits per heavy atom. The number of aromatic nitrogens is 2. The van der Waals surface area contributed by atoms with Gasteiger partial charge in [-0.05, 0) is 12.1 Å². The first-order valence-corrected chi connectivity index (χ1v) is 6.73. The summed E-state index contributed by atoms with van der Waals surface area (Å²) in [6.45, 7) is -2.90. The molecule has 0 aliphatic heterocycles. The molecule has 2 rings (SSSR count). The molecule has 2 aromatic rings. The standard InChI is InChI=1S/C14H12F4N4O2/c15-8-2-1-3-9(11(8)16)21-13(24)12(23)20-5-4-10-19-6-7-22(10)14(17)18/h1-3,6-7,14H,4-5H2,(H,20,23)(H,21,24). The van der Waals surface area contributed by atoms with Crippen molar-refractivity contribution in [3.63, 3.8) is 0 Å². The summed E-state index contributed by atoms with van der Waals surface area (Å²) < 4.78 is 52.2. The van der Waals surface area contributed by atoms with Gasteiger partial charge in [0.15, 0.2) is 11.6 Å². The van der Waals surface area contributed by atoms with E-state index >= 15 is 0 Å². The third-order valence-corrected chi connectivity index (χ3v) is 3.00. The van der Waals surface area contributed by atoms with Gasteiger partial charge < -0.3 is 10.6 Å². The van der Waals surface area contributed by atoms with E-state index < -0.39 is 35.7 Å². The predicted molar refractivity (Wildman–Crippen MR) is 75.2 cm³/mol. The molecule has 1 aromatic carbocycles. The van der Waals surface area contributed by atoms with E-state index in [4.69, 9.17) is 0 Å². The fraction of sp³-hybridized carbons (Fsp3) is 0.214. The number of amides is 2. The van der Waals surface area contributed by atoms with E-state index in [1.807, 2.05) is 5.32 Å². The van der Waals surface area contributed by atoms with Gasteiger partial charge in [-0.15, -0.1) is 0 Å². The Hall–Kier alpha value is -2.91. The molecule has 2 amide bonds. The zero-order valence-corrected chi connectivity index (χ0v) is 12.1. The summed E-state index contributed by atoms with van der Waals surface area (Å²) in [6, 6.07) is 3.11. The molecular weight excluding hydrogens is 332 g/mol. The van der Waals surface area contributed by atoms with Gasteiger partial charge >= 0.3 is 18.4 Å². The van der Waals surface area contributed by atoms with Gasteiger partial charge in [-0.1, -0.05) is 6.07 Å².